The normalized spacial score (nSPS) is 14.4. The predicted molar refractivity (Wildman–Crippen MR) is 179 cm³/mol. The molecule has 0 aromatic heterocycles. The third-order valence-electron chi connectivity index (χ3n) is 7.65. The van der Waals surface area contributed by atoms with E-state index in [1.807, 2.05) is 0 Å². The first kappa shape index (κ1) is 43.1. The van der Waals surface area contributed by atoms with Gasteiger partial charge >= 0.3 is 0 Å². The molecule has 5 amide bonds. The minimum atomic E-state index is -1.02. The Morgan fingerprint density at radius 1 is 0.391 bits per heavy atom. The Bertz CT molecular complexity index is 880. The second-order valence-corrected chi connectivity index (χ2v) is 11.7. The van der Waals surface area contributed by atoms with Crippen LogP contribution in [0.4, 0.5) is 0 Å². The molecule has 16 heteroatoms. The van der Waals surface area contributed by atoms with Gasteiger partial charge in [-0.2, -0.15) is 0 Å². The summed E-state index contributed by atoms with van der Waals surface area (Å²) in [5.41, 5.74) is 39.6. The van der Waals surface area contributed by atoms with Gasteiger partial charge in [-0.3, -0.25) is 24.0 Å². The molecule has 0 spiro atoms. The van der Waals surface area contributed by atoms with Gasteiger partial charge in [-0.15, -0.1) is 0 Å². The quantitative estimate of drug-likeness (QED) is 0.0370. The van der Waals surface area contributed by atoms with Crippen molar-refractivity contribution in [1.29, 1.82) is 0 Å². The van der Waals surface area contributed by atoms with E-state index in [1.54, 1.807) is 0 Å². The van der Waals surface area contributed by atoms with Crippen molar-refractivity contribution in [3.05, 3.63) is 0 Å². The monoisotopic (exact) mass is 658 g/mol. The fraction of sp³-hybridized carbons (Fsp3) is 0.833. The van der Waals surface area contributed by atoms with E-state index in [1.165, 1.54) is 0 Å². The molecule has 0 rings (SSSR count). The van der Waals surface area contributed by atoms with E-state index in [2.05, 4.69) is 21.3 Å². The summed E-state index contributed by atoms with van der Waals surface area (Å²) in [6.45, 7) is 2.14. The van der Waals surface area contributed by atoms with Crippen LogP contribution in [0.1, 0.15) is 96.3 Å². The van der Waals surface area contributed by atoms with E-state index in [-0.39, 0.29) is 12.8 Å². The molecule has 0 unspecified atom stereocenters. The lowest BCUT2D eigenvalue weighted by atomic mass is 10.0. The lowest BCUT2D eigenvalue weighted by molar-refractivity contribution is -0.134. The van der Waals surface area contributed by atoms with Gasteiger partial charge in [0.1, 0.15) is 24.2 Å². The first-order valence-corrected chi connectivity index (χ1v) is 16.8. The second-order valence-electron chi connectivity index (χ2n) is 11.7. The molecule has 0 aliphatic heterocycles. The zero-order chi connectivity index (χ0) is 34.7. The molecule has 0 fully saturated rings. The van der Waals surface area contributed by atoms with Crippen LogP contribution < -0.4 is 61.4 Å². The molecule has 0 aliphatic rings. The van der Waals surface area contributed by atoms with Crippen LogP contribution in [-0.2, 0) is 24.0 Å². The zero-order valence-corrected chi connectivity index (χ0v) is 27.6. The third kappa shape index (κ3) is 19.6. The highest BCUT2D eigenvalue weighted by molar-refractivity contribution is 5.95. The largest absolute Gasteiger partial charge is 0.368 e. The van der Waals surface area contributed by atoms with Crippen LogP contribution in [0.3, 0.4) is 0 Å². The van der Waals surface area contributed by atoms with Gasteiger partial charge < -0.3 is 61.4 Å². The van der Waals surface area contributed by atoms with Crippen molar-refractivity contribution in [3.63, 3.8) is 0 Å². The fourth-order valence-corrected chi connectivity index (χ4v) is 4.80. The van der Waals surface area contributed by atoms with Crippen LogP contribution >= 0.6 is 0 Å². The molecule has 0 aromatic rings. The van der Waals surface area contributed by atoms with Gasteiger partial charge in [-0.25, -0.2) is 0 Å². The van der Waals surface area contributed by atoms with Crippen LogP contribution in [0.25, 0.3) is 0 Å². The van der Waals surface area contributed by atoms with Gasteiger partial charge in [-0.05, 0) is 123 Å². The maximum Gasteiger partial charge on any atom is 0.243 e. The van der Waals surface area contributed by atoms with Crippen molar-refractivity contribution in [2.24, 2.45) is 40.1 Å². The molecule has 0 saturated carbocycles. The molecule has 18 N–H and O–H groups in total. The Morgan fingerprint density at radius 2 is 0.652 bits per heavy atom. The van der Waals surface area contributed by atoms with E-state index in [0.29, 0.717) is 110 Å². The molecule has 0 aromatic carbocycles. The molecule has 0 heterocycles. The minimum absolute atomic E-state index is 0.247. The summed E-state index contributed by atoms with van der Waals surface area (Å²) in [5, 5.41) is 10.9. The zero-order valence-electron chi connectivity index (χ0n) is 27.6. The van der Waals surface area contributed by atoms with E-state index in [0.717, 1.165) is 6.42 Å². The molecule has 46 heavy (non-hydrogen) atoms. The highest BCUT2D eigenvalue weighted by atomic mass is 16.2. The van der Waals surface area contributed by atoms with Crippen molar-refractivity contribution in [2.45, 2.75) is 127 Å². The topological polar surface area (TPSA) is 316 Å². The smallest absolute Gasteiger partial charge is 0.243 e. The average molecular weight is 658 g/mol. The summed E-state index contributed by atoms with van der Waals surface area (Å²) >= 11 is 0. The SMILES string of the molecule is NCCCC[C@H](NC(=O)[C@H](CCCCN)NC(=O)[C@H](CCCCN)NC(=O)[C@H](CCCCN)NC(=O)[C@@H](N)CCCCN)C(N)=O. The molecular formula is C30H63N11O5. The molecule has 268 valence electrons. The van der Waals surface area contributed by atoms with E-state index in [4.69, 9.17) is 40.1 Å². The van der Waals surface area contributed by atoms with Crippen molar-refractivity contribution in [2.75, 3.05) is 32.7 Å². The predicted octanol–water partition coefficient (Wildman–Crippen LogP) is -2.62. The lowest BCUT2D eigenvalue weighted by Crippen LogP contribution is -2.58. The molecule has 0 aliphatic carbocycles. The number of amides is 5. The van der Waals surface area contributed by atoms with Crippen LogP contribution in [0.15, 0.2) is 0 Å². The summed E-state index contributed by atoms with van der Waals surface area (Å²) in [6, 6.07) is -4.71. The maximum absolute atomic E-state index is 13.6. The number of nitrogens with two attached hydrogens (primary N) is 7. The van der Waals surface area contributed by atoms with Gasteiger partial charge in [0.25, 0.3) is 0 Å². The van der Waals surface area contributed by atoms with Crippen LogP contribution in [-0.4, -0.2) is 92.5 Å². The molecule has 16 nitrogen and oxygen atoms in total. The summed E-state index contributed by atoms with van der Waals surface area (Å²) in [6.07, 6.45) is 7.67. The van der Waals surface area contributed by atoms with Crippen LogP contribution in [0.2, 0.25) is 0 Å². The van der Waals surface area contributed by atoms with Gasteiger partial charge in [0, 0.05) is 0 Å². The maximum atomic E-state index is 13.6. The van der Waals surface area contributed by atoms with E-state index >= 15 is 0 Å². The number of primary amides is 1. The Hall–Kier alpha value is -2.89. The molecule has 0 radical (unpaired) electrons. The number of carbonyl (C=O) groups is 5. The van der Waals surface area contributed by atoms with E-state index in [9.17, 15) is 24.0 Å². The number of hydrogen-bond acceptors (Lipinski definition) is 11. The number of hydrogen-bond donors (Lipinski definition) is 11. The number of rotatable bonds is 29. The Labute approximate surface area is 274 Å². The van der Waals surface area contributed by atoms with Crippen molar-refractivity contribution in [3.8, 4) is 0 Å². The van der Waals surface area contributed by atoms with Gasteiger partial charge in [0.05, 0.1) is 6.04 Å². The summed E-state index contributed by atoms with van der Waals surface area (Å²) in [7, 11) is 0. The molecule has 0 bridgehead atoms. The molecule has 5 atom stereocenters. The van der Waals surface area contributed by atoms with Crippen LogP contribution in [0, 0.1) is 0 Å². The van der Waals surface area contributed by atoms with Gasteiger partial charge in [0.15, 0.2) is 0 Å². The Kier molecular flexibility index (Phi) is 25.5. The minimum Gasteiger partial charge on any atom is -0.368 e. The summed E-state index contributed by atoms with van der Waals surface area (Å²) in [4.78, 5) is 65.2. The first-order valence-electron chi connectivity index (χ1n) is 16.8. The van der Waals surface area contributed by atoms with Crippen molar-refractivity contribution >= 4 is 29.5 Å². The number of carbonyl (C=O) groups excluding carboxylic acids is 5. The highest BCUT2D eigenvalue weighted by Crippen LogP contribution is 2.09. The van der Waals surface area contributed by atoms with Gasteiger partial charge in [0.2, 0.25) is 29.5 Å². The molecular weight excluding hydrogens is 594 g/mol. The standard InChI is InChI=1S/C30H63N11O5/c31-16-6-1-11-21(36)27(43)39-23(13-3-8-18-33)29(45)41-25(15-5-10-20-35)30(46)40-24(14-4-9-19-34)28(44)38-22(26(37)42)12-2-7-17-32/h21-25H,1-20,31-36H2,(H2,37,42)(H,38,44)(H,39,43)(H,40,46)(H,41,45)/t21-,22-,23-,24-,25-/m0/s1. The Morgan fingerprint density at radius 3 is 0.957 bits per heavy atom. The number of unbranched alkanes of at least 4 members (excludes halogenated alkanes) is 5. The number of nitrogens with one attached hydrogen (secondary N) is 4. The average Bonchev–Trinajstić information content (AvgIpc) is 3.02. The van der Waals surface area contributed by atoms with Crippen molar-refractivity contribution in [1.82, 2.24) is 21.3 Å². The first-order chi connectivity index (χ1) is 22.1. The Balaban J connectivity index is 5.87. The van der Waals surface area contributed by atoms with Crippen molar-refractivity contribution < 1.29 is 24.0 Å². The summed E-state index contributed by atoms with van der Waals surface area (Å²) < 4.78 is 0. The fourth-order valence-electron chi connectivity index (χ4n) is 4.80. The summed E-state index contributed by atoms with van der Waals surface area (Å²) in [5.74, 6) is -2.86. The molecule has 0 saturated heterocycles. The highest BCUT2D eigenvalue weighted by Gasteiger charge is 2.31. The second kappa shape index (κ2) is 27.2. The van der Waals surface area contributed by atoms with Gasteiger partial charge in [-0.1, -0.05) is 6.42 Å². The lowest BCUT2D eigenvalue weighted by Gasteiger charge is -2.27. The van der Waals surface area contributed by atoms with E-state index < -0.39 is 59.7 Å². The third-order valence-corrected chi connectivity index (χ3v) is 7.65. The van der Waals surface area contributed by atoms with Crippen LogP contribution in [0.5, 0.6) is 0 Å².